The first-order chi connectivity index (χ1) is 11.1. The monoisotopic (exact) mass is 340 g/mol. The summed E-state index contributed by atoms with van der Waals surface area (Å²) < 4.78 is 5.42. The molecule has 6 nitrogen and oxygen atoms in total. The van der Waals surface area contributed by atoms with Gasteiger partial charge in [0.2, 0.25) is 5.91 Å². The van der Waals surface area contributed by atoms with E-state index >= 15 is 0 Å². The third-order valence-corrected chi connectivity index (χ3v) is 4.16. The summed E-state index contributed by atoms with van der Waals surface area (Å²) in [6.07, 6.45) is 1.52. The molecule has 1 amide bonds. The smallest absolute Gasteiger partial charge is 0.239 e. The summed E-state index contributed by atoms with van der Waals surface area (Å²) in [7, 11) is 0. The molecule has 1 saturated heterocycles. The number of hydrogen-bond acceptors (Lipinski definition) is 5. The zero-order valence-corrected chi connectivity index (χ0v) is 14.6. The van der Waals surface area contributed by atoms with Gasteiger partial charge < -0.3 is 10.1 Å². The summed E-state index contributed by atoms with van der Waals surface area (Å²) in [6, 6.07) is 3.84. The predicted molar refractivity (Wildman–Crippen MR) is 91.8 cm³/mol. The molecule has 23 heavy (non-hydrogen) atoms. The van der Waals surface area contributed by atoms with Crippen molar-refractivity contribution in [3.05, 3.63) is 23.4 Å². The summed E-state index contributed by atoms with van der Waals surface area (Å²) >= 11 is 5.78. The molecule has 1 atom stereocenters. The van der Waals surface area contributed by atoms with Crippen molar-refractivity contribution in [3.63, 3.8) is 0 Å². The van der Waals surface area contributed by atoms with Gasteiger partial charge in [0.15, 0.2) is 0 Å². The lowest BCUT2D eigenvalue weighted by molar-refractivity contribution is -0.118. The van der Waals surface area contributed by atoms with Gasteiger partial charge in [-0.25, -0.2) is 4.98 Å². The van der Waals surface area contributed by atoms with Crippen LogP contribution >= 0.6 is 11.6 Å². The maximum Gasteiger partial charge on any atom is 0.239 e. The molecule has 1 aliphatic rings. The minimum Gasteiger partial charge on any atom is -0.380 e. The number of piperazine rings is 1. The van der Waals surface area contributed by atoms with Crippen LogP contribution in [-0.4, -0.2) is 72.7 Å². The van der Waals surface area contributed by atoms with Gasteiger partial charge in [-0.3, -0.25) is 14.6 Å². The normalized spacial score (nSPS) is 19.7. The lowest BCUT2D eigenvalue weighted by atomic mass is 10.2. The van der Waals surface area contributed by atoms with E-state index in [0.717, 1.165) is 39.4 Å². The highest BCUT2D eigenvalue weighted by molar-refractivity contribution is 6.30. The van der Waals surface area contributed by atoms with E-state index in [-0.39, 0.29) is 5.91 Å². The van der Waals surface area contributed by atoms with Gasteiger partial charge in [0.05, 0.1) is 18.2 Å². The quantitative estimate of drug-likeness (QED) is 0.766. The molecule has 1 aromatic heterocycles. The number of nitrogens with one attached hydrogen (secondary N) is 1. The second-order valence-electron chi connectivity index (χ2n) is 5.73. The number of carbonyl (C=O) groups is 1. The van der Waals surface area contributed by atoms with Crippen LogP contribution in [-0.2, 0) is 9.53 Å². The molecule has 1 aliphatic heterocycles. The fourth-order valence-electron chi connectivity index (χ4n) is 2.71. The third kappa shape index (κ3) is 6.06. The Kier molecular flexibility index (Phi) is 7.23. The minimum atomic E-state index is -0.0465. The highest BCUT2D eigenvalue weighted by atomic mass is 35.5. The number of halogens is 1. The third-order valence-electron chi connectivity index (χ3n) is 3.94. The Morgan fingerprint density at radius 2 is 2.30 bits per heavy atom. The van der Waals surface area contributed by atoms with Crippen LogP contribution in [0.25, 0.3) is 0 Å². The molecule has 2 heterocycles. The van der Waals surface area contributed by atoms with E-state index in [2.05, 4.69) is 27.0 Å². The molecule has 0 spiro atoms. The number of aromatic nitrogens is 1. The van der Waals surface area contributed by atoms with Crippen molar-refractivity contribution < 1.29 is 9.53 Å². The van der Waals surface area contributed by atoms with Crippen molar-refractivity contribution in [1.82, 2.24) is 14.8 Å². The average molecular weight is 341 g/mol. The SMILES string of the molecule is CCOCCN1CCN(CC(=O)Nc2ccc(Cl)cn2)C[C@H]1C. The van der Waals surface area contributed by atoms with Crippen molar-refractivity contribution in [2.75, 3.05) is 51.3 Å². The molecule has 0 aliphatic carbocycles. The first-order valence-electron chi connectivity index (χ1n) is 8.04. The lowest BCUT2D eigenvalue weighted by Gasteiger charge is -2.39. The van der Waals surface area contributed by atoms with Crippen molar-refractivity contribution >= 4 is 23.3 Å². The van der Waals surface area contributed by atoms with Gasteiger partial charge in [-0.1, -0.05) is 11.6 Å². The van der Waals surface area contributed by atoms with Gasteiger partial charge in [0.1, 0.15) is 5.82 Å². The molecule has 7 heteroatoms. The van der Waals surface area contributed by atoms with E-state index in [1.54, 1.807) is 12.1 Å². The fourth-order valence-corrected chi connectivity index (χ4v) is 2.82. The zero-order chi connectivity index (χ0) is 16.7. The number of carbonyl (C=O) groups excluding carboxylic acids is 1. The minimum absolute atomic E-state index is 0.0465. The Hall–Kier alpha value is -1.21. The van der Waals surface area contributed by atoms with Crippen LogP contribution in [0.3, 0.4) is 0 Å². The summed E-state index contributed by atoms with van der Waals surface area (Å²) in [4.78, 5) is 20.8. The van der Waals surface area contributed by atoms with E-state index in [4.69, 9.17) is 16.3 Å². The van der Waals surface area contributed by atoms with Crippen LogP contribution in [0.15, 0.2) is 18.3 Å². The highest BCUT2D eigenvalue weighted by Crippen LogP contribution is 2.11. The number of ether oxygens (including phenoxy) is 1. The number of anilines is 1. The van der Waals surface area contributed by atoms with E-state index < -0.39 is 0 Å². The first kappa shape index (κ1) is 18.1. The van der Waals surface area contributed by atoms with Crippen LogP contribution in [0, 0.1) is 0 Å². The number of hydrogen-bond donors (Lipinski definition) is 1. The molecule has 1 N–H and O–H groups in total. The standard InChI is InChI=1S/C16H25ClN4O2/c1-3-23-9-8-21-7-6-20(11-13(21)2)12-16(22)19-15-5-4-14(17)10-18-15/h4-5,10,13H,3,6-9,11-12H2,1-2H3,(H,18,19,22)/t13-/m1/s1. The molecule has 0 saturated carbocycles. The maximum atomic E-state index is 12.1. The van der Waals surface area contributed by atoms with Crippen LogP contribution < -0.4 is 5.32 Å². The fraction of sp³-hybridized carbons (Fsp3) is 0.625. The number of rotatable bonds is 7. The van der Waals surface area contributed by atoms with Crippen LogP contribution in [0.4, 0.5) is 5.82 Å². The van der Waals surface area contributed by atoms with Crippen LogP contribution in [0.2, 0.25) is 5.02 Å². The van der Waals surface area contributed by atoms with Crippen molar-refractivity contribution in [2.45, 2.75) is 19.9 Å². The van der Waals surface area contributed by atoms with Gasteiger partial charge in [-0.15, -0.1) is 0 Å². The molecule has 0 radical (unpaired) electrons. The van der Waals surface area contributed by atoms with Gasteiger partial charge >= 0.3 is 0 Å². The number of amides is 1. The molecule has 1 fully saturated rings. The predicted octanol–water partition coefficient (Wildman–Crippen LogP) is 1.72. The number of pyridine rings is 1. The summed E-state index contributed by atoms with van der Waals surface area (Å²) in [5.41, 5.74) is 0. The lowest BCUT2D eigenvalue weighted by Crippen LogP contribution is -2.54. The number of nitrogens with zero attached hydrogens (tertiary/aromatic N) is 3. The summed E-state index contributed by atoms with van der Waals surface area (Å²) in [6.45, 7) is 9.78. The van der Waals surface area contributed by atoms with Crippen molar-refractivity contribution in [1.29, 1.82) is 0 Å². The molecule has 0 unspecified atom stereocenters. The van der Waals surface area contributed by atoms with Crippen LogP contribution in [0.5, 0.6) is 0 Å². The Balaban J connectivity index is 1.74. The van der Waals surface area contributed by atoms with Crippen molar-refractivity contribution in [3.8, 4) is 0 Å². The van der Waals surface area contributed by atoms with E-state index in [1.165, 1.54) is 6.20 Å². The molecule has 2 rings (SSSR count). The second-order valence-corrected chi connectivity index (χ2v) is 6.16. The maximum absolute atomic E-state index is 12.1. The summed E-state index contributed by atoms with van der Waals surface area (Å²) in [5.74, 6) is 0.484. The van der Waals surface area contributed by atoms with Gasteiger partial charge in [0, 0.05) is 45.0 Å². The summed E-state index contributed by atoms with van der Waals surface area (Å²) in [5, 5.41) is 3.36. The Labute approximate surface area is 142 Å². The van der Waals surface area contributed by atoms with E-state index in [0.29, 0.717) is 23.4 Å². The Bertz CT molecular complexity index is 497. The molecule has 0 bridgehead atoms. The Morgan fingerprint density at radius 1 is 1.48 bits per heavy atom. The largest absolute Gasteiger partial charge is 0.380 e. The first-order valence-corrected chi connectivity index (χ1v) is 8.42. The van der Waals surface area contributed by atoms with Crippen molar-refractivity contribution in [2.24, 2.45) is 0 Å². The van der Waals surface area contributed by atoms with Gasteiger partial charge in [-0.05, 0) is 26.0 Å². The van der Waals surface area contributed by atoms with Crippen LogP contribution in [0.1, 0.15) is 13.8 Å². The second kappa shape index (κ2) is 9.17. The Morgan fingerprint density at radius 3 is 2.96 bits per heavy atom. The molecular formula is C16H25ClN4O2. The zero-order valence-electron chi connectivity index (χ0n) is 13.8. The molecule has 0 aromatic carbocycles. The van der Waals surface area contributed by atoms with Gasteiger partial charge in [0.25, 0.3) is 0 Å². The molecule has 1 aromatic rings. The van der Waals surface area contributed by atoms with Gasteiger partial charge in [-0.2, -0.15) is 0 Å². The van der Waals surface area contributed by atoms with E-state index in [1.807, 2.05) is 6.92 Å². The molecular weight excluding hydrogens is 316 g/mol. The highest BCUT2D eigenvalue weighted by Gasteiger charge is 2.24. The molecule has 128 valence electrons. The van der Waals surface area contributed by atoms with E-state index in [9.17, 15) is 4.79 Å². The topological polar surface area (TPSA) is 57.7 Å². The average Bonchev–Trinajstić information content (AvgIpc) is 2.52.